The molecule has 0 aliphatic carbocycles. The van der Waals surface area contributed by atoms with Crippen LogP contribution < -0.4 is 10.6 Å². The quantitative estimate of drug-likeness (QED) is 0.510. The summed E-state index contributed by atoms with van der Waals surface area (Å²) in [6, 6.07) is 6.19. The Hall–Kier alpha value is -3.75. The molecule has 0 atom stereocenters. The number of rotatable bonds is 3. The van der Waals surface area contributed by atoms with Gasteiger partial charge in [0.25, 0.3) is 0 Å². The van der Waals surface area contributed by atoms with Gasteiger partial charge in [-0.05, 0) is 63.9 Å². The summed E-state index contributed by atoms with van der Waals surface area (Å²) in [7, 11) is 0. The third-order valence-electron chi connectivity index (χ3n) is 4.36. The smallest absolute Gasteiger partial charge is 0.413 e. The number of hydrogen-bond donors (Lipinski definition) is 3. The predicted molar refractivity (Wildman–Crippen MR) is 116 cm³/mol. The predicted octanol–water partition coefficient (Wildman–Crippen LogP) is 5.49. The number of amides is 2. The maximum Gasteiger partial charge on any atom is 0.413 e. The highest BCUT2D eigenvalue weighted by Crippen LogP contribution is 2.32. The Labute approximate surface area is 178 Å². The van der Waals surface area contributed by atoms with Gasteiger partial charge in [0, 0.05) is 28.9 Å². The van der Waals surface area contributed by atoms with Crippen LogP contribution in [0.3, 0.4) is 0 Å². The third kappa shape index (κ3) is 5.25. The van der Waals surface area contributed by atoms with Gasteiger partial charge in [-0.3, -0.25) is 15.6 Å². The number of aryl methyl sites for hydroxylation is 2. The van der Waals surface area contributed by atoms with E-state index in [4.69, 9.17) is 9.84 Å². The molecule has 9 heteroatoms. The van der Waals surface area contributed by atoms with Crippen LogP contribution in [0.25, 0.3) is 22.0 Å². The van der Waals surface area contributed by atoms with Crippen molar-refractivity contribution in [2.24, 2.45) is 0 Å². The van der Waals surface area contributed by atoms with E-state index in [1.54, 1.807) is 46.9 Å². The number of carbonyl (C=O) groups excluding carboxylic acids is 1. The van der Waals surface area contributed by atoms with Gasteiger partial charge in [-0.1, -0.05) is 0 Å². The lowest BCUT2D eigenvalue weighted by atomic mass is 9.97. The molecule has 0 spiro atoms. The number of hydrogen-bond acceptors (Lipinski definition) is 5. The summed E-state index contributed by atoms with van der Waals surface area (Å²) in [4.78, 5) is 31.7. The van der Waals surface area contributed by atoms with E-state index in [0.717, 1.165) is 0 Å². The fourth-order valence-electron chi connectivity index (χ4n) is 3.09. The molecule has 0 bridgehead atoms. The molecule has 0 radical (unpaired) electrons. The number of fused-ring (bicyclic) bond motifs is 1. The molecule has 0 unspecified atom stereocenters. The van der Waals surface area contributed by atoms with Crippen molar-refractivity contribution in [1.82, 2.24) is 9.97 Å². The highest BCUT2D eigenvalue weighted by molar-refractivity contribution is 5.91. The molecule has 0 saturated heterocycles. The molecule has 0 aliphatic heterocycles. The van der Waals surface area contributed by atoms with Crippen molar-refractivity contribution in [1.29, 1.82) is 0 Å². The van der Waals surface area contributed by atoms with Crippen LogP contribution >= 0.6 is 0 Å². The summed E-state index contributed by atoms with van der Waals surface area (Å²) >= 11 is 0. The maximum absolute atomic E-state index is 14.1. The van der Waals surface area contributed by atoms with Crippen LogP contribution in [0.4, 0.5) is 25.5 Å². The van der Waals surface area contributed by atoms with Gasteiger partial charge in [-0.2, -0.15) is 0 Å². The number of nitrogens with one attached hydrogen (secondary N) is 2. The Morgan fingerprint density at radius 3 is 2.42 bits per heavy atom. The number of anilines is 2. The highest BCUT2D eigenvalue weighted by Gasteiger charge is 2.18. The average molecular weight is 426 g/mol. The van der Waals surface area contributed by atoms with Crippen LogP contribution in [-0.2, 0) is 4.74 Å². The summed E-state index contributed by atoms with van der Waals surface area (Å²) in [6.45, 7) is 8.83. The molecule has 3 N–H and O–H groups in total. The van der Waals surface area contributed by atoms with Crippen LogP contribution in [0.15, 0.2) is 30.5 Å². The van der Waals surface area contributed by atoms with E-state index in [0.29, 0.717) is 39.1 Å². The Morgan fingerprint density at radius 2 is 1.77 bits per heavy atom. The molecule has 2 amide bonds. The average Bonchev–Trinajstić information content (AvgIpc) is 2.61. The number of nitrogens with zero attached hydrogens (tertiary/aromatic N) is 2. The molecule has 3 rings (SSSR count). The molecule has 0 saturated carbocycles. The van der Waals surface area contributed by atoms with E-state index in [9.17, 15) is 14.0 Å². The van der Waals surface area contributed by atoms with Crippen molar-refractivity contribution >= 4 is 34.6 Å². The molecule has 162 valence electrons. The fourth-order valence-corrected chi connectivity index (χ4v) is 3.09. The lowest BCUT2D eigenvalue weighted by Crippen LogP contribution is -2.27. The number of aromatic nitrogens is 2. The number of halogens is 1. The first-order valence-corrected chi connectivity index (χ1v) is 9.51. The second kappa shape index (κ2) is 8.17. The summed E-state index contributed by atoms with van der Waals surface area (Å²) in [6.07, 6.45) is -0.405. The van der Waals surface area contributed by atoms with Crippen molar-refractivity contribution in [3.8, 4) is 11.1 Å². The van der Waals surface area contributed by atoms with Crippen LogP contribution in [0.1, 0.15) is 32.0 Å². The van der Waals surface area contributed by atoms with Crippen LogP contribution in [-0.4, -0.2) is 32.9 Å². The molecular formula is C22H23FN4O4. The minimum absolute atomic E-state index is 0.136. The minimum atomic E-state index is -1.35. The Kier molecular flexibility index (Phi) is 5.79. The topological polar surface area (TPSA) is 113 Å². The van der Waals surface area contributed by atoms with Gasteiger partial charge < -0.3 is 9.84 Å². The lowest BCUT2D eigenvalue weighted by molar-refractivity contribution is 0.0635. The number of ether oxygens (including phenoxy) is 1. The molecular weight excluding hydrogens is 403 g/mol. The molecule has 31 heavy (non-hydrogen) atoms. The summed E-state index contributed by atoms with van der Waals surface area (Å²) < 4.78 is 19.3. The highest BCUT2D eigenvalue weighted by atomic mass is 19.1. The monoisotopic (exact) mass is 426 g/mol. The number of carboxylic acid groups (broad SMARTS) is 1. The van der Waals surface area contributed by atoms with E-state index in [-0.39, 0.29) is 5.69 Å². The summed E-state index contributed by atoms with van der Waals surface area (Å²) in [5.74, 6) is -0.359. The van der Waals surface area contributed by atoms with Gasteiger partial charge in [0.15, 0.2) is 0 Å². The minimum Gasteiger partial charge on any atom is -0.465 e. The van der Waals surface area contributed by atoms with Gasteiger partial charge >= 0.3 is 12.2 Å². The zero-order valence-corrected chi connectivity index (χ0v) is 17.8. The van der Waals surface area contributed by atoms with Gasteiger partial charge in [0.1, 0.15) is 17.2 Å². The molecule has 0 fully saturated rings. The molecule has 0 aliphatic rings. The molecule has 1 aromatic carbocycles. The number of benzene rings is 1. The van der Waals surface area contributed by atoms with Crippen LogP contribution in [0.5, 0.6) is 0 Å². The van der Waals surface area contributed by atoms with Crippen molar-refractivity contribution < 1.29 is 23.8 Å². The normalized spacial score (nSPS) is 11.3. The largest absolute Gasteiger partial charge is 0.465 e. The van der Waals surface area contributed by atoms with Gasteiger partial charge in [0.2, 0.25) is 0 Å². The number of pyridine rings is 2. The SMILES string of the molecule is Cc1cc(F)c(NC(=O)O)cc1-c1cc2cnc(NC(=O)OC(C)(C)C)cc2nc1C. The first-order valence-electron chi connectivity index (χ1n) is 9.51. The van der Waals surface area contributed by atoms with E-state index >= 15 is 0 Å². The molecule has 2 aromatic heterocycles. The molecule has 2 heterocycles. The molecule has 8 nitrogen and oxygen atoms in total. The second-order valence-electron chi connectivity index (χ2n) is 8.09. The van der Waals surface area contributed by atoms with E-state index in [1.165, 1.54) is 12.1 Å². The van der Waals surface area contributed by atoms with E-state index < -0.39 is 23.6 Å². The second-order valence-corrected chi connectivity index (χ2v) is 8.09. The zero-order valence-electron chi connectivity index (χ0n) is 17.8. The van der Waals surface area contributed by atoms with Crippen molar-refractivity contribution in [2.45, 2.75) is 40.2 Å². The lowest BCUT2D eigenvalue weighted by Gasteiger charge is -2.19. The number of carbonyl (C=O) groups is 2. The Morgan fingerprint density at radius 1 is 1.06 bits per heavy atom. The standard InChI is InChI=1S/C22H23FN4O4/c1-11-6-16(23)18(26-20(28)29)8-14(11)15-7-13-10-24-19(9-17(13)25-12(15)2)27-21(30)31-22(3,4)5/h6-10,26H,1-5H3,(H,28,29)(H,24,27,30). The van der Waals surface area contributed by atoms with Crippen LogP contribution in [0, 0.1) is 19.7 Å². The van der Waals surface area contributed by atoms with Crippen molar-refractivity contribution in [3.05, 3.63) is 47.5 Å². The van der Waals surface area contributed by atoms with Gasteiger partial charge in [-0.25, -0.2) is 19.0 Å². The van der Waals surface area contributed by atoms with E-state index in [2.05, 4.69) is 20.6 Å². The summed E-state index contributed by atoms with van der Waals surface area (Å²) in [5, 5.41) is 14.3. The Balaban J connectivity index is 1.98. The third-order valence-corrected chi connectivity index (χ3v) is 4.36. The van der Waals surface area contributed by atoms with Crippen LogP contribution in [0.2, 0.25) is 0 Å². The fraction of sp³-hybridized carbons (Fsp3) is 0.273. The maximum atomic E-state index is 14.1. The zero-order chi connectivity index (χ0) is 22.9. The Bertz CT molecular complexity index is 1190. The summed E-state index contributed by atoms with van der Waals surface area (Å²) in [5.41, 5.74) is 2.48. The first-order chi connectivity index (χ1) is 14.4. The van der Waals surface area contributed by atoms with Crippen molar-refractivity contribution in [3.63, 3.8) is 0 Å². The van der Waals surface area contributed by atoms with Gasteiger partial charge in [-0.15, -0.1) is 0 Å². The first kappa shape index (κ1) is 21.9. The van der Waals surface area contributed by atoms with Gasteiger partial charge in [0.05, 0.1) is 11.2 Å². The molecule has 3 aromatic rings. The van der Waals surface area contributed by atoms with E-state index in [1.807, 2.05) is 6.07 Å². The van der Waals surface area contributed by atoms with Crippen molar-refractivity contribution in [2.75, 3.05) is 10.6 Å².